The maximum atomic E-state index is 12.5. The topological polar surface area (TPSA) is 46.6 Å². The van der Waals surface area contributed by atoms with Gasteiger partial charge >= 0.3 is 0 Å². The molecule has 6 heteroatoms. The SMILES string of the molecule is COc1ccc(/C=C2\SC(=O)N(Cc3ccc(Br)cc3)C2=O)cc1. The van der Waals surface area contributed by atoms with E-state index in [0.717, 1.165) is 33.1 Å². The molecule has 1 saturated heterocycles. The smallest absolute Gasteiger partial charge is 0.293 e. The standard InChI is InChI=1S/C18H14BrNO3S/c1-23-15-8-4-12(5-9-15)10-16-17(21)20(18(22)24-16)11-13-2-6-14(19)7-3-13/h2-10H,11H2,1H3/b16-10-. The van der Waals surface area contributed by atoms with Crippen LogP contribution in [0.5, 0.6) is 5.75 Å². The lowest BCUT2D eigenvalue weighted by molar-refractivity contribution is -0.123. The molecule has 0 bridgehead atoms. The molecule has 2 aromatic carbocycles. The van der Waals surface area contributed by atoms with Gasteiger partial charge in [0.1, 0.15) is 5.75 Å². The Morgan fingerprint density at radius 2 is 1.75 bits per heavy atom. The van der Waals surface area contributed by atoms with Gasteiger partial charge in [0, 0.05) is 4.47 Å². The molecule has 1 fully saturated rings. The first-order valence-corrected chi connectivity index (χ1v) is 8.81. The predicted octanol–water partition coefficient (Wildman–Crippen LogP) is 4.69. The average molecular weight is 404 g/mol. The zero-order chi connectivity index (χ0) is 17.1. The number of imide groups is 1. The Balaban J connectivity index is 1.77. The first kappa shape index (κ1) is 16.8. The molecule has 3 rings (SSSR count). The van der Waals surface area contributed by atoms with Crippen LogP contribution in [0.4, 0.5) is 4.79 Å². The van der Waals surface area contributed by atoms with Crippen molar-refractivity contribution in [3.05, 3.63) is 69.0 Å². The molecule has 1 aliphatic heterocycles. The number of rotatable bonds is 4. The fourth-order valence-corrected chi connectivity index (χ4v) is 3.36. The van der Waals surface area contributed by atoms with Crippen molar-refractivity contribution in [2.45, 2.75) is 6.54 Å². The van der Waals surface area contributed by atoms with Crippen LogP contribution in [0.2, 0.25) is 0 Å². The van der Waals surface area contributed by atoms with Crippen molar-refractivity contribution in [2.75, 3.05) is 7.11 Å². The minimum atomic E-state index is -0.260. The van der Waals surface area contributed by atoms with Crippen LogP contribution in [0, 0.1) is 0 Å². The van der Waals surface area contributed by atoms with Crippen molar-refractivity contribution in [1.82, 2.24) is 4.90 Å². The minimum absolute atomic E-state index is 0.248. The van der Waals surface area contributed by atoms with E-state index in [4.69, 9.17) is 4.74 Å². The average Bonchev–Trinajstić information content (AvgIpc) is 2.85. The maximum absolute atomic E-state index is 12.5. The zero-order valence-corrected chi connectivity index (χ0v) is 15.3. The van der Waals surface area contributed by atoms with E-state index in [1.165, 1.54) is 4.90 Å². The number of hydrogen-bond acceptors (Lipinski definition) is 4. The molecule has 1 aliphatic rings. The Kier molecular flexibility index (Phi) is 5.06. The third-order valence-corrected chi connectivity index (χ3v) is 4.98. The molecule has 24 heavy (non-hydrogen) atoms. The van der Waals surface area contributed by atoms with E-state index in [1.807, 2.05) is 48.5 Å². The van der Waals surface area contributed by atoms with E-state index in [2.05, 4.69) is 15.9 Å². The van der Waals surface area contributed by atoms with Gasteiger partial charge in [-0.2, -0.15) is 0 Å². The highest BCUT2D eigenvalue weighted by molar-refractivity contribution is 9.10. The quantitative estimate of drug-likeness (QED) is 0.694. The highest BCUT2D eigenvalue weighted by Crippen LogP contribution is 2.33. The highest BCUT2D eigenvalue weighted by atomic mass is 79.9. The van der Waals surface area contributed by atoms with Crippen LogP contribution in [-0.2, 0) is 11.3 Å². The second-order valence-corrected chi connectivity index (χ2v) is 7.08. The number of methoxy groups -OCH3 is 1. The van der Waals surface area contributed by atoms with Gasteiger partial charge in [0.15, 0.2) is 0 Å². The predicted molar refractivity (Wildman–Crippen MR) is 98.7 cm³/mol. The van der Waals surface area contributed by atoms with Crippen molar-refractivity contribution in [1.29, 1.82) is 0 Å². The number of nitrogens with zero attached hydrogens (tertiary/aromatic N) is 1. The molecule has 0 spiro atoms. The van der Waals surface area contributed by atoms with E-state index in [0.29, 0.717) is 4.91 Å². The van der Waals surface area contributed by atoms with Crippen LogP contribution in [-0.4, -0.2) is 23.2 Å². The first-order valence-electron chi connectivity index (χ1n) is 7.20. The van der Waals surface area contributed by atoms with Crippen molar-refractivity contribution in [3.63, 3.8) is 0 Å². The molecule has 0 aromatic heterocycles. The second-order valence-electron chi connectivity index (χ2n) is 5.17. The molecule has 1 heterocycles. The summed E-state index contributed by atoms with van der Waals surface area (Å²) in [6.07, 6.45) is 1.73. The third-order valence-electron chi connectivity index (χ3n) is 3.54. The normalized spacial score (nSPS) is 16.1. The molecule has 2 amide bonds. The summed E-state index contributed by atoms with van der Waals surface area (Å²) in [5, 5.41) is -0.248. The number of amides is 2. The third kappa shape index (κ3) is 3.71. The number of halogens is 1. The fourth-order valence-electron chi connectivity index (χ4n) is 2.26. The van der Waals surface area contributed by atoms with E-state index in [9.17, 15) is 9.59 Å². The largest absolute Gasteiger partial charge is 0.497 e. The summed E-state index contributed by atoms with van der Waals surface area (Å²) in [5.41, 5.74) is 1.76. The summed E-state index contributed by atoms with van der Waals surface area (Å²) >= 11 is 4.34. The summed E-state index contributed by atoms with van der Waals surface area (Å²) in [6, 6.07) is 14.9. The van der Waals surface area contributed by atoms with Crippen LogP contribution >= 0.6 is 27.7 Å². The Bertz CT molecular complexity index is 800. The fraction of sp³-hybridized carbons (Fsp3) is 0.111. The second kappa shape index (κ2) is 7.23. The summed E-state index contributed by atoms with van der Waals surface area (Å²) in [4.78, 5) is 26.4. The van der Waals surface area contributed by atoms with Crippen molar-refractivity contribution in [3.8, 4) is 5.75 Å². The van der Waals surface area contributed by atoms with Gasteiger partial charge < -0.3 is 4.74 Å². The molecule has 4 nitrogen and oxygen atoms in total. The van der Waals surface area contributed by atoms with Gasteiger partial charge in [-0.3, -0.25) is 14.5 Å². The molecule has 122 valence electrons. The lowest BCUT2D eigenvalue weighted by Crippen LogP contribution is -2.27. The Morgan fingerprint density at radius 3 is 2.38 bits per heavy atom. The monoisotopic (exact) mass is 403 g/mol. The van der Waals surface area contributed by atoms with Gasteiger partial charge in [-0.1, -0.05) is 40.2 Å². The zero-order valence-electron chi connectivity index (χ0n) is 12.9. The number of benzene rings is 2. The Morgan fingerprint density at radius 1 is 1.08 bits per heavy atom. The Hall–Kier alpha value is -2.05. The van der Waals surface area contributed by atoms with Gasteiger partial charge in [-0.25, -0.2) is 0 Å². The molecule has 0 aliphatic carbocycles. The molecule has 0 atom stereocenters. The van der Waals surface area contributed by atoms with Crippen molar-refractivity contribution in [2.24, 2.45) is 0 Å². The number of carbonyl (C=O) groups is 2. The van der Waals surface area contributed by atoms with Gasteiger partial charge in [0.25, 0.3) is 11.1 Å². The summed E-state index contributed by atoms with van der Waals surface area (Å²) in [5.74, 6) is 0.485. The number of hydrogen-bond donors (Lipinski definition) is 0. The van der Waals surface area contributed by atoms with E-state index in [-0.39, 0.29) is 17.7 Å². The van der Waals surface area contributed by atoms with Gasteiger partial charge in [-0.15, -0.1) is 0 Å². The van der Waals surface area contributed by atoms with Crippen LogP contribution in [0.3, 0.4) is 0 Å². The van der Waals surface area contributed by atoms with Crippen LogP contribution in [0.15, 0.2) is 57.9 Å². The molecular weight excluding hydrogens is 390 g/mol. The lowest BCUT2D eigenvalue weighted by atomic mass is 10.2. The van der Waals surface area contributed by atoms with Gasteiger partial charge in [0.05, 0.1) is 18.6 Å². The molecule has 0 radical (unpaired) electrons. The Labute approximate surface area is 152 Å². The number of thioether (sulfide) groups is 1. The number of carbonyl (C=O) groups excluding carboxylic acids is 2. The lowest BCUT2D eigenvalue weighted by Gasteiger charge is -2.12. The number of ether oxygens (including phenoxy) is 1. The molecule has 0 N–H and O–H groups in total. The molecular formula is C18H14BrNO3S. The van der Waals surface area contributed by atoms with Gasteiger partial charge in [-0.05, 0) is 53.2 Å². The van der Waals surface area contributed by atoms with Crippen LogP contribution in [0.25, 0.3) is 6.08 Å². The van der Waals surface area contributed by atoms with Gasteiger partial charge in [0.2, 0.25) is 0 Å². The summed E-state index contributed by atoms with van der Waals surface area (Å²) in [6.45, 7) is 0.276. The van der Waals surface area contributed by atoms with Crippen molar-refractivity contribution >= 4 is 44.9 Å². The molecule has 0 unspecified atom stereocenters. The summed E-state index contributed by atoms with van der Waals surface area (Å²) in [7, 11) is 1.60. The van der Waals surface area contributed by atoms with Crippen molar-refractivity contribution < 1.29 is 14.3 Å². The first-order chi connectivity index (χ1) is 11.6. The van der Waals surface area contributed by atoms with Crippen LogP contribution < -0.4 is 4.74 Å². The maximum Gasteiger partial charge on any atom is 0.293 e. The van der Waals surface area contributed by atoms with E-state index < -0.39 is 0 Å². The molecule has 2 aromatic rings. The van der Waals surface area contributed by atoms with E-state index in [1.54, 1.807) is 13.2 Å². The van der Waals surface area contributed by atoms with E-state index >= 15 is 0 Å². The highest BCUT2D eigenvalue weighted by Gasteiger charge is 2.34. The van der Waals surface area contributed by atoms with Crippen LogP contribution in [0.1, 0.15) is 11.1 Å². The summed E-state index contributed by atoms with van der Waals surface area (Å²) < 4.78 is 6.07. The minimum Gasteiger partial charge on any atom is -0.497 e. The molecule has 0 saturated carbocycles.